The van der Waals surface area contributed by atoms with Crippen molar-refractivity contribution in [2.24, 2.45) is 0 Å². The summed E-state index contributed by atoms with van der Waals surface area (Å²) in [5, 5.41) is 4.00. The molecule has 1 amide bonds. The van der Waals surface area contributed by atoms with Crippen LogP contribution in [0.15, 0.2) is 47.6 Å². The smallest absolute Gasteiger partial charge is 0.337 e. The van der Waals surface area contributed by atoms with Crippen molar-refractivity contribution < 1.29 is 23.9 Å². The highest BCUT2D eigenvalue weighted by molar-refractivity contribution is 7.99. The Bertz CT molecular complexity index is 1160. The van der Waals surface area contributed by atoms with Gasteiger partial charge in [-0.25, -0.2) is 14.6 Å². The molecule has 0 atom stereocenters. The Morgan fingerprint density at radius 2 is 1.70 bits per heavy atom. The average Bonchev–Trinajstić information content (AvgIpc) is 2.76. The van der Waals surface area contributed by atoms with Gasteiger partial charge in [0.25, 0.3) is 0 Å². The molecule has 30 heavy (non-hydrogen) atoms. The number of rotatable bonds is 6. The van der Waals surface area contributed by atoms with Gasteiger partial charge in [-0.2, -0.15) is 0 Å². The normalized spacial score (nSPS) is 10.5. The van der Waals surface area contributed by atoms with Gasteiger partial charge in [-0.3, -0.25) is 4.79 Å². The summed E-state index contributed by atoms with van der Waals surface area (Å²) >= 11 is 6.47. The van der Waals surface area contributed by atoms with Crippen LogP contribution in [0.3, 0.4) is 0 Å². The Morgan fingerprint density at radius 3 is 2.33 bits per heavy atom. The van der Waals surface area contributed by atoms with Gasteiger partial charge >= 0.3 is 11.9 Å². The molecule has 1 aromatic heterocycles. The number of aromatic amines is 1. The van der Waals surface area contributed by atoms with Crippen LogP contribution in [-0.4, -0.2) is 47.8 Å². The predicted molar refractivity (Wildman–Crippen MR) is 115 cm³/mol. The molecule has 0 aliphatic rings. The molecule has 1 heterocycles. The molecule has 0 saturated carbocycles. The summed E-state index contributed by atoms with van der Waals surface area (Å²) in [7, 11) is 2.45. The molecule has 0 saturated heterocycles. The minimum Gasteiger partial charge on any atom is -0.465 e. The topological polar surface area (TPSA) is 110 Å². The zero-order valence-electron chi connectivity index (χ0n) is 16.1. The van der Waals surface area contributed by atoms with Crippen molar-refractivity contribution in [2.45, 2.75) is 5.16 Å². The molecule has 0 bridgehead atoms. The van der Waals surface area contributed by atoms with Crippen LogP contribution in [0.1, 0.15) is 20.7 Å². The molecule has 3 aromatic rings. The van der Waals surface area contributed by atoms with E-state index < -0.39 is 11.9 Å². The first-order chi connectivity index (χ1) is 14.4. The molecule has 3 rings (SSSR count). The summed E-state index contributed by atoms with van der Waals surface area (Å²) < 4.78 is 9.82. The number of anilines is 1. The molecular weight excluding hydrogens is 426 g/mol. The molecular formula is C20H17N3O5S2. The van der Waals surface area contributed by atoms with Gasteiger partial charge in [-0.15, -0.1) is 0 Å². The van der Waals surface area contributed by atoms with E-state index in [-0.39, 0.29) is 28.5 Å². The number of methoxy groups -OCH3 is 2. The predicted octanol–water partition coefficient (Wildman–Crippen LogP) is 3.60. The van der Waals surface area contributed by atoms with Crippen LogP contribution in [0, 0.1) is 4.64 Å². The lowest BCUT2D eigenvalue weighted by Crippen LogP contribution is -2.16. The third kappa shape index (κ3) is 5.02. The largest absolute Gasteiger partial charge is 0.465 e. The Morgan fingerprint density at radius 1 is 1.07 bits per heavy atom. The van der Waals surface area contributed by atoms with E-state index in [2.05, 4.69) is 24.8 Å². The van der Waals surface area contributed by atoms with E-state index in [0.717, 1.165) is 10.9 Å². The lowest BCUT2D eigenvalue weighted by molar-refractivity contribution is -0.113. The fraction of sp³-hybridized carbons (Fsp3) is 0.150. The fourth-order valence-electron chi connectivity index (χ4n) is 2.64. The number of ether oxygens (including phenoxy) is 2. The molecule has 0 aliphatic heterocycles. The van der Waals surface area contributed by atoms with Crippen molar-refractivity contribution >= 4 is 58.4 Å². The van der Waals surface area contributed by atoms with Crippen molar-refractivity contribution in [3.8, 4) is 0 Å². The highest BCUT2D eigenvalue weighted by Gasteiger charge is 2.15. The summed E-state index contributed by atoms with van der Waals surface area (Å²) in [4.78, 5) is 43.5. The van der Waals surface area contributed by atoms with E-state index in [1.54, 1.807) is 0 Å². The van der Waals surface area contributed by atoms with Gasteiger partial charge < -0.3 is 19.8 Å². The second kappa shape index (κ2) is 9.51. The molecule has 0 fully saturated rings. The van der Waals surface area contributed by atoms with Gasteiger partial charge in [0.05, 0.1) is 36.6 Å². The molecule has 0 aliphatic carbocycles. The number of carbonyl (C=O) groups excluding carboxylic acids is 3. The van der Waals surface area contributed by atoms with E-state index in [1.807, 2.05) is 24.3 Å². The SMILES string of the molecule is COC(=O)c1cc(NC(=O)CSc2nc(=S)c3ccccc3[nH]2)cc(C(=O)OC)c1. The Labute approximate surface area is 181 Å². The molecule has 2 N–H and O–H groups in total. The highest BCUT2D eigenvalue weighted by atomic mass is 32.2. The number of benzene rings is 2. The number of fused-ring (bicyclic) bond motifs is 1. The number of hydrogen-bond donors (Lipinski definition) is 2. The van der Waals surface area contributed by atoms with Crippen LogP contribution >= 0.6 is 24.0 Å². The maximum Gasteiger partial charge on any atom is 0.337 e. The van der Waals surface area contributed by atoms with E-state index in [4.69, 9.17) is 12.2 Å². The zero-order chi connectivity index (χ0) is 21.7. The second-order valence-corrected chi connectivity index (χ2v) is 7.36. The summed E-state index contributed by atoms with van der Waals surface area (Å²) in [6.45, 7) is 0. The lowest BCUT2D eigenvalue weighted by atomic mass is 10.1. The number of para-hydroxylation sites is 1. The number of H-pyrrole nitrogens is 1. The van der Waals surface area contributed by atoms with Crippen molar-refractivity contribution in [1.29, 1.82) is 0 Å². The van der Waals surface area contributed by atoms with Crippen molar-refractivity contribution in [2.75, 3.05) is 25.3 Å². The molecule has 10 heteroatoms. The first-order valence-corrected chi connectivity index (χ1v) is 10.0. The van der Waals surface area contributed by atoms with Crippen molar-refractivity contribution in [3.63, 3.8) is 0 Å². The lowest BCUT2D eigenvalue weighted by Gasteiger charge is -2.09. The first-order valence-electron chi connectivity index (χ1n) is 8.64. The zero-order valence-corrected chi connectivity index (χ0v) is 17.7. The first kappa shape index (κ1) is 21.5. The number of esters is 2. The van der Waals surface area contributed by atoms with Gasteiger partial charge in [0.1, 0.15) is 4.64 Å². The van der Waals surface area contributed by atoms with Crippen LogP contribution in [-0.2, 0) is 14.3 Å². The van der Waals surface area contributed by atoms with Gasteiger partial charge in [0, 0.05) is 11.1 Å². The Hall–Kier alpha value is -3.24. The number of amides is 1. The number of hydrogen-bond acceptors (Lipinski definition) is 8. The summed E-state index contributed by atoms with van der Waals surface area (Å²) in [6.07, 6.45) is 0. The minimum atomic E-state index is -0.640. The van der Waals surface area contributed by atoms with Gasteiger partial charge in [-0.05, 0) is 30.3 Å². The molecule has 154 valence electrons. The standard InChI is InChI=1S/C20H17N3O5S2/c1-27-18(25)11-7-12(19(26)28-2)9-13(8-11)21-16(24)10-30-20-22-15-6-4-3-5-14(15)17(29)23-20/h3-9H,10H2,1-2H3,(H,21,24)(H,22,23,29). The number of aromatic nitrogens is 2. The summed E-state index contributed by atoms with van der Waals surface area (Å²) in [5.74, 6) is -1.60. The van der Waals surface area contributed by atoms with Crippen LogP contribution in [0.2, 0.25) is 0 Å². The van der Waals surface area contributed by atoms with E-state index in [9.17, 15) is 14.4 Å². The molecule has 0 spiro atoms. The number of nitrogens with one attached hydrogen (secondary N) is 2. The Kier molecular flexibility index (Phi) is 6.80. The van der Waals surface area contributed by atoms with E-state index >= 15 is 0 Å². The van der Waals surface area contributed by atoms with Crippen LogP contribution in [0.25, 0.3) is 10.9 Å². The van der Waals surface area contributed by atoms with Crippen molar-refractivity contribution in [1.82, 2.24) is 9.97 Å². The fourth-order valence-corrected chi connectivity index (χ4v) is 3.65. The van der Waals surface area contributed by atoms with Gasteiger partial charge in [-0.1, -0.05) is 36.1 Å². The summed E-state index contributed by atoms with van der Waals surface area (Å²) in [6, 6.07) is 11.7. The third-order valence-electron chi connectivity index (χ3n) is 4.00. The minimum absolute atomic E-state index is 0.0343. The maximum absolute atomic E-state index is 12.4. The Balaban J connectivity index is 1.75. The highest BCUT2D eigenvalue weighted by Crippen LogP contribution is 2.20. The number of thioether (sulfide) groups is 1. The van der Waals surface area contributed by atoms with E-state index in [1.165, 1.54) is 44.2 Å². The quantitative estimate of drug-likeness (QED) is 0.257. The van der Waals surface area contributed by atoms with Gasteiger partial charge in [0.15, 0.2) is 5.16 Å². The monoisotopic (exact) mass is 443 g/mol. The van der Waals surface area contributed by atoms with Gasteiger partial charge in [0.2, 0.25) is 5.91 Å². The molecule has 0 radical (unpaired) electrons. The number of nitrogens with zero attached hydrogens (tertiary/aromatic N) is 1. The van der Waals surface area contributed by atoms with Crippen LogP contribution < -0.4 is 5.32 Å². The summed E-state index contributed by atoms with van der Waals surface area (Å²) in [5.41, 5.74) is 1.32. The molecule has 0 unspecified atom stereocenters. The van der Waals surface area contributed by atoms with Crippen molar-refractivity contribution in [3.05, 3.63) is 58.2 Å². The van der Waals surface area contributed by atoms with E-state index in [0.29, 0.717) is 9.80 Å². The number of carbonyl (C=O) groups is 3. The molecule has 2 aromatic carbocycles. The average molecular weight is 444 g/mol. The van der Waals surface area contributed by atoms with Crippen LogP contribution in [0.5, 0.6) is 0 Å². The molecule has 8 nitrogen and oxygen atoms in total. The second-order valence-electron chi connectivity index (χ2n) is 6.01. The maximum atomic E-state index is 12.4. The van der Waals surface area contributed by atoms with Crippen LogP contribution in [0.4, 0.5) is 5.69 Å². The third-order valence-corrected chi connectivity index (χ3v) is 5.19.